The molecule has 2 aromatic rings. The maximum Gasteiger partial charge on any atom is 0.335 e. The number of nitrogens with zero attached hydrogens (tertiary/aromatic N) is 3. The molecular weight excluding hydrogens is 354 g/mol. The molecule has 0 bridgehead atoms. The molecule has 1 aliphatic rings. The summed E-state index contributed by atoms with van der Waals surface area (Å²) >= 11 is 0. The van der Waals surface area contributed by atoms with Crippen molar-refractivity contribution in [1.29, 1.82) is 0 Å². The highest BCUT2D eigenvalue weighted by molar-refractivity contribution is 5.92. The molecule has 0 spiro atoms. The van der Waals surface area contributed by atoms with Crippen molar-refractivity contribution in [2.24, 2.45) is 0 Å². The van der Waals surface area contributed by atoms with Gasteiger partial charge in [-0.2, -0.15) is 0 Å². The van der Waals surface area contributed by atoms with Crippen LogP contribution in [0.25, 0.3) is 0 Å². The fourth-order valence-corrected chi connectivity index (χ4v) is 2.37. The number of hydrogen-bond acceptors (Lipinski definition) is 7. The topological polar surface area (TPSA) is 122 Å². The van der Waals surface area contributed by atoms with Gasteiger partial charge in [0.05, 0.1) is 24.6 Å². The van der Waals surface area contributed by atoms with E-state index >= 15 is 0 Å². The third-order valence-electron chi connectivity index (χ3n) is 3.93. The van der Waals surface area contributed by atoms with Gasteiger partial charge in [-0.3, -0.25) is 4.79 Å². The molecule has 142 valence electrons. The summed E-state index contributed by atoms with van der Waals surface area (Å²) in [5, 5.41) is 18.3. The van der Waals surface area contributed by atoms with Crippen LogP contribution in [0.2, 0.25) is 0 Å². The Morgan fingerprint density at radius 3 is 2.48 bits per heavy atom. The van der Waals surface area contributed by atoms with Crippen LogP contribution in [0.1, 0.15) is 34.2 Å². The SMILES string of the molecule is C[C@@H](CO)Oc1cc(Oc2cnc(C(=O)N3CCC3)cn2)cc(C(=O)O)c1. The molecule has 2 heterocycles. The van der Waals surface area contributed by atoms with Crippen LogP contribution in [0.15, 0.2) is 30.6 Å². The first kappa shape index (κ1) is 18.6. The van der Waals surface area contributed by atoms with Gasteiger partial charge in [0.15, 0.2) is 0 Å². The fourth-order valence-electron chi connectivity index (χ4n) is 2.37. The smallest absolute Gasteiger partial charge is 0.335 e. The van der Waals surface area contributed by atoms with E-state index in [4.69, 9.17) is 14.6 Å². The molecule has 1 saturated heterocycles. The lowest BCUT2D eigenvalue weighted by molar-refractivity contribution is 0.0643. The minimum absolute atomic E-state index is 0.0369. The van der Waals surface area contributed by atoms with Gasteiger partial charge in [-0.05, 0) is 25.5 Å². The lowest BCUT2D eigenvalue weighted by Crippen LogP contribution is -2.42. The Morgan fingerprint density at radius 2 is 1.93 bits per heavy atom. The van der Waals surface area contributed by atoms with Crippen molar-refractivity contribution in [3.05, 3.63) is 41.9 Å². The summed E-state index contributed by atoms with van der Waals surface area (Å²) in [6.07, 6.45) is 3.10. The third kappa shape index (κ3) is 4.50. The van der Waals surface area contributed by atoms with Gasteiger partial charge in [-0.15, -0.1) is 0 Å². The molecule has 9 nitrogen and oxygen atoms in total. The van der Waals surface area contributed by atoms with Crippen LogP contribution >= 0.6 is 0 Å². The molecule has 1 aliphatic heterocycles. The standard InChI is InChI=1S/C18H19N3O6/c1-11(10-22)26-13-5-12(18(24)25)6-14(7-13)27-16-9-19-15(8-20-16)17(23)21-3-2-4-21/h5-9,11,22H,2-4,10H2,1H3,(H,24,25)/t11-/m0/s1. The summed E-state index contributed by atoms with van der Waals surface area (Å²) in [5.74, 6) is -0.792. The number of hydrogen-bond donors (Lipinski definition) is 2. The lowest BCUT2D eigenvalue weighted by atomic mass is 10.2. The van der Waals surface area contributed by atoms with Crippen LogP contribution in [0.5, 0.6) is 17.4 Å². The number of carboxylic acid groups (broad SMARTS) is 1. The van der Waals surface area contributed by atoms with E-state index in [1.54, 1.807) is 11.8 Å². The minimum Gasteiger partial charge on any atom is -0.488 e. The molecule has 0 aliphatic carbocycles. The largest absolute Gasteiger partial charge is 0.488 e. The van der Waals surface area contributed by atoms with Crippen LogP contribution in [0.3, 0.4) is 0 Å². The van der Waals surface area contributed by atoms with E-state index in [2.05, 4.69) is 9.97 Å². The summed E-state index contributed by atoms with van der Waals surface area (Å²) in [6.45, 7) is 2.87. The molecule has 0 saturated carbocycles. The van der Waals surface area contributed by atoms with Gasteiger partial charge in [0, 0.05) is 19.2 Å². The first-order valence-electron chi connectivity index (χ1n) is 8.41. The van der Waals surface area contributed by atoms with E-state index in [9.17, 15) is 14.7 Å². The second-order valence-corrected chi connectivity index (χ2v) is 6.10. The van der Waals surface area contributed by atoms with Gasteiger partial charge in [-0.1, -0.05) is 0 Å². The second kappa shape index (κ2) is 8.00. The Balaban J connectivity index is 1.77. The molecule has 2 N–H and O–H groups in total. The number of rotatable bonds is 7. The zero-order chi connectivity index (χ0) is 19.4. The molecule has 27 heavy (non-hydrogen) atoms. The van der Waals surface area contributed by atoms with Crippen molar-refractivity contribution >= 4 is 11.9 Å². The van der Waals surface area contributed by atoms with Crippen molar-refractivity contribution in [3.8, 4) is 17.4 Å². The number of carbonyl (C=O) groups is 2. The summed E-state index contributed by atoms with van der Waals surface area (Å²) in [7, 11) is 0. The highest BCUT2D eigenvalue weighted by Gasteiger charge is 2.23. The predicted octanol–water partition coefficient (Wildman–Crippen LogP) is 1.57. The van der Waals surface area contributed by atoms with E-state index in [0.29, 0.717) is 0 Å². The molecule has 3 rings (SSSR count). The van der Waals surface area contributed by atoms with E-state index < -0.39 is 12.1 Å². The van der Waals surface area contributed by atoms with Crippen molar-refractivity contribution < 1.29 is 29.3 Å². The Kier molecular flexibility index (Phi) is 5.51. The Bertz CT molecular complexity index is 835. The molecule has 1 fully saturated rings. The number of aromatic carboxylic acids is 1. The summed E-state index contributed by atoms with van der Waals surface area (Å²) in [5.41, 5.74) is 0.187. The highest BCUT2D eigenvalue weighted by atomic mass is 16.5. The van der Waals surface area contributed by atoms with Crippen LogP contribution in [0.4, 0.5) is 0 Å². The first-order chi connectivity index (χ1) is 13.0. The summed E-state index contributed by atoms with van der Waals surface area (Å²) in [6, 6.07) is 4.14. The Hall–Kier alpha value is -3.20. The second-order valence-electron chi connectivity index (χ2n) is 6.10. The van der Waals surface area contributed by atoms with E-state index in [1.807, 2.05) is 0 Å². The molecule has 0 radical (unpaired) electrons. The minimum atomic E-state index is -1.15. The number of aliphatic hydroxyl groups is 1. The Morgan fingerprint density at radius 1 is 1.19 bits per heavy atom. The molecule has 1 aromatic heterocycles. The van der Waals surface area contributed by atoms with E-state index in [0.717, 1.165) is 19.5 Å². The fraction of sp³-hybridized carbons (Fsp3) is 0.333. The van der Waals surface area contributed by atoms with Crippen molar-refractivity contribution in [3.63, 3.8) is 0 Å². The normalized spacial score (nSPS) is 14.2. The van der Waals surface area contributed by atoms with Gasteiger partial charge in [0.1, 0.15) is 23.3 Å². The average Bonchev–Trinajstić information content (AvgIpc) is 2.60. The molecule has 9 heteroatoms. The average molecular weight is 373 g/mol. The van der Waals surface area contributed by atoms with E-state index in [-0.39, 0.29) is 41.2 Å². The van der Waals surface area contributed by atoms with Crippen LogP contribution in [-0.4, -0.2) is 62.8 Å². The number of aromatic nitrogens is 2. The number of likely N-dealkylation sites (tertiary alicyclic amines) is 1. The number of benzene rings is 1. The molecule has 1 amide bonds. The van der Waals surface area contributed by atoms with Crippen molar-refractivity contribution in [1.82, 2.24) is 14.9 Å². The van der Waals surface area contributed by atoms with Gasteiger partial charge < -0.3 is 24.6 Å². The quantitative estimate of drug-likeness (QED) is 0.750. The van der Waals surface area contributed by atoms with E-state index in [1.165, 1.54) is 30.6 Å². The van der Waals surface area contributed by atoms with Crippen LogP contribution in [0, 0.1) is 0 Å². The molecular formula is C18H19N3O6. The molecule has 0 unspecified atom stereocenters. The maximum absolute atomic E-state index is 12.1. The monoisotopic (exact) mass is 373 g/mol. The first-order valence-corrected chi connectivity index (χ1v) is 8.41. The van der Waals surface area contributed by atoms with Gasteiger partial charge in [0.2, 0.25) is 5.88 Å². The zero-order valence-electron chi connectivity index (χ0n) is 14.7. The highest BCUT2D eigenvalue weighted by Crippen LogP contribution is 2.27. The zero-order valence-corrected chi connectivity index (χ0v) is 14.7. The van der Waals surface area contributed by atoms with Gasteiger partial charge >= 0.3 is 5.97 Å². The summed E-state index contributed by atoms with van der Waals surface area (Å²) < 4.78 is 11.0. The number of carbonyl (C=O) groups excluding carboxylic acids is 1. The number of carboxylic acids is 1. The number of amides is 1. The number of ether oxygens (including phenoxy) is 2. The molecule has 1 aromatic carbocycles. The Labute approximate surface area is 155 Å². The number of aliphatic hydroxyl groups excluding tert-OH is 1. The van der Waals surface area contributed by atoms with Crippen molar-refractivity contribution in [2.75, 3.05) is 19.7 Å². The van der Waals surface area contributed by atoms with Crippen LogP contribution in [-0.2, 0) is 0 Å². The maximum atomic E-state index is 12.1. The predicted molar refractivity (Wildman–Crippen MR) is 93.2 cm³/mol. The van der Waals surface area contributed by atoms with Gasteiger partial charge in [-0.25, -0.2) is 14.8 Å². The molecule has 1 atom stereocenters. The van der Waals surface area contributed by atoms with Crippen molar-refractivity contribution in [2.45, 2.75) is 19.4 Å². The third-order valence-corrected chi connectivity index (χ3v) is 3.93. The lowest BCUT2D eigenvalue weighted by Gasteiger charge is -2.30. The van der Waals surface area contributed by atoms with Gasteiger partial charge in [0.25, 0.3) is 5.91 Å². The summed E-state index contributed by atoms with van der Waals surface area (Å²) in [4.78, 5) is 33.2. The van der Waals surface area contributed by atoms with Crippen LogP contribution < -0.4 is 9.47 Å².